The van der Waals surface area contributed by atoms with Crippen LogP contribution in [0.2, 0.25) is 0 Å². The smallest absolute Gasteiger partial charge is 0.310 e. The second kappa shape index (κ2) is 6.19. The summed E-state index contributed by atoms with van der Waals surface area (Å²) in [6.45, 7) is 1.69. The van der Waals surface area contributed by atoms with E-state index in [-0.39, 0.29) is 23.8 Å². The molecule has 1 unspecified atom stereocenters. The van der Waals surface area contributed by atoms with Crippen LogP contribution in [0, 0.1) is 6.92 Å². The monoisotopic (exact) mass is 373 g/mol. The van der Waals surface area contributed by atoms with Crippen molar-refractivity contribution < 1.29 is 18.0 Å². The van der Waals surface area contributed by atoms with Crippen molar-refractivity contribution in [3.05, 3.63) is 65.1 Å². The molecular weight excluding hydrogens is 359 g/mol. The first-order chi connectivity index (χ1) is 12.9. The van der Waals surface area contributed by atoms with Crippen LogP contribution in [0.15, 0.2) is 42.7 Å². The molecule has 0 spiro atoms. The van der Waals surface area contributed by atoms with Crippen LogP contribution in [0.4, 0.5) is 19.0 Å². The van der Waals surface area contributed by atoms with Gasteiger partial charge in [0.25, 0.3) is 5.95 Å². The van der Waals surface area contributed by atoms with Gasteiger partial charge in [0.15, 0.2) is 0 Å². The van der Waals surface area contributed by atoms with E-state index in [1.807, 2.05) is 0 Å². The number of hydrogen-bond donors (Lipinski definition) is 1. The molecule has 3 heterocycles. The average Bonchev–Trinajstić information content (AvgIpc) is 2.97. The van der Waals surface area contributed by atoms with Gasteiger partial charge in [0, 0.05) is 30.3 Å². The number of aryl methyl sites for hydroxylation is 1. The van der Waals surface area contributed by atoms with Gasteiger partial charge in [0.2, 0.25) is 5.91 Å². The predicted molar refractivity (Wildman–Crippen MR) is 90.4 cm³/mol. The highest BCUT2D eigenvalue weighted by molar-refractivity contribution is 5.95. The Labute approximate surface area is 152 Å². The van der Waals surface area contributed by atoms with Gasteiger partial charge in [-0.05, 0) is 24.6 Å². The van der Waals surface area contributed by atoms with Gasteiger partial charge in [-0.3, -0.25) is 4.79 Å². The maximum atomic E-state index is 13.5. The second-order valence-electron chi connectivity index (χ2n) is 6.20. The van der Waals surface area contributed by atoms with E-state index in [2.05, 4.69) is 20.4 Å². The predicted octanol–water partition coefficient (Wildman–Crippen LogP) is 3.46. The summed E-state index contributed by atoms with van der Waals surface area (Å²) in [6, 6.07) is 6.95. The Morgan fingerprint density at radius 2 is 1.85 bits per heavy atom. The number of nitrogens with one attached hydrogen (secondary N) is 1. The number of carbonyl (C=O) groups excluding carboxylic acids is 1. The molecule has 0 radical (unpaired) electrons. The minimum absolute atomic E-state index is 0.0535. The molecule has 0 aliphatic carbocycles. The van der Waals surface area contributed by atoms with Gasteiger partial charge in [-0.15, -0.1) is 0 Å². The molecule has 1 aliphatic heterocycles. The van der Waals surface area contributed by atoms with Crippen LogP contribution in [-0.2, 0) is 11.0 Å². The van der Waals surface area contributed by atoms with Gasteiger partial charge < -0.3 is 5.32 Å². The number of hydrogen-bond acceptors (Lipinski definition) is 4. The number of fused-ring (bicyclic) bond motifs is 1. The minimum atomic E-state index is -4.52. The molecule has 1 N–H and O–H groups in total. The molecule has 2 aromatic heterocycles. The van der Waals surface area contributed by atoms with Crippen molar-refractivity contribution in [2.45, 2.75) is 25.4 Å². The van der Waals surface area contributed by atoms with Crippen LogP contribution >= 0.6 is 0 Å². The van der Waals surface area contributed by atoms with Crippen molar-refractivity contribution >= 4 is 11.7 Å². The van der Waals surface area contributed by atoms with Gasteiger partial charge >= 0.3 is 6.18 Å². The van der Waals surface area contributed by atoms with Gasteiger partial charge in [-0.1, -0.05) is 18.2 Å². The fourth-order valence-electron chi connectivity index (χ4n) is 3.42. The SMILES string of the molecule is Cc1nn(-c2ncccn2)c2c1C(c1ccccc1C(F)(F)F)CC(=O)N2. The highest BCUT2D eigenvalue weighted by Gasteiger charge is 2.39. The van der Waals surface area contributed by atoms with Crippen LogP contribution in [-0.4, -0.2) is 25.7 Å². The maximum Gasteiger partial charge on any atom is 0.416 e. The highest BCUT2D eigenvalue weighted by atomic mass is 19.4. The Bertz CT molecular complexity index is 1010. The molecule has 4 rings (SSSR count). The maximum absolute atomic E-state index is 13.5. The van der Waals surface area contributed by atoms with Crippen molar-refractivity contribution in [1.29, 1.82) is 0 Å². The van der Waals surface area contributed by atoms with E-state index in [4.69, 9.17) is 0 Å². The Balaban J connectivity index is 1.92. The molecule has 1 atom stereocenters. The normalized spacial score (nSPS) is 16.7. The van der Waals surface area contributed by atoms with Crippen molar-refractivity contribution in [2.75, 3.05) is 5.32 Å². The lowest BCUT2D eigenvalue weighted by atomic mass is 9.83. The highest BCUT2D eigenvalue weighted by Crippen LogP contribution is 2.44. The first-order valence-corrected chi connectivity index (χ1v) is 8.19. The van der Waals surface area contributed by atoms with Crippen molar-refractivity contribution in [3.63, 3.8) is 0 Å². The molecule has 0 bridgehead atoms. The van der Waals surface area contributed by atoms with Crippen LogP contribution in [0.3, 0.4) is 0 Å². The van der Waals surface area contributed by atoms with Gasteiger partial charge in [0.05, 0.1) is 11.3 Å². The minimum Gasteiger partial charge on any atom is -0.310 e. The summed E-state index contributed by atoms with van der Waals surface area (Å²) in [5.41, 5.74) is 0.356. The number of halogens is 3. The number of rotatable bonds is 2. The summed E-state index contributed by atoms with van der Waals surface area (Å²) < 4.78 is 41.9. The molecule has 9 heteroatoms. The Kier molecular flexibility index (Phi) is 3.94. The van der Waals surface area contributed by atoms with Gasteiger partial charge in [-0.2, -0.15) is 23.0 Å². The lowest BCUT2D eigenvalue weighted by molar-refractivity contribution is -0.138. The van der Waals surface area contributed by atoms with Crippen LogP contribution in [0.25, 0.3) is 5.95 Å². The average molecular weight is 373 g/mol. The van der Waals surface area contributed by atoms with E-state index in [9.17, 15) is 18.0 Å². The summed E-state index contributed by atoms with van der Waals surface area (Å²) in [6.07, 6.45) is -1.57. The summed E-state index contributed by atoms with van der Waals surface area (Å²) >= 11 is 0. The molecular formula is C18H14F3N5O. The first-order valence-electron chi connectivity index (χ1n) is 8.19. The molecule has 0 saturated heterocycles. The number of alkyl halides is 3. The summed E-state index contributed by atoms with van der Waals surface area (Å²) in [5, 5.41) is 7.07. The third-order valence-corrected chi connectivity index (χ3v) is 4.49. The summed E-state index contributed by atoms with van der Waals surface area (Å²) in [7, 11) is 0. The lowest BCUT2D eigenvalue weighted by Gasteiger charge is -2.26. The zero-order valence-electron chi connectivity index (χ0n) is 14.2. The third kappa shape index (κ3) is 2.94. The molecule has 1 aromatic carbocycles. The van der Waals surface area contributed by atoms with E-state index in [0.29, 0.717) is 17.1 Å². The Morgan fingerprint density at radius 1 is 1.15 bits per heavy atom. The molecule has 0 fully saturated rings. The van der Waals surface area contributed by atoms with E-state index >= 15 is 0 Å². The summed E-state index contributed by atoms with van der Waals surface area (Å²) in [5.74, 6) is -0.616. The number of carbonyl (C=O) groups is 1. The van der Waals surface area contributed by atoms with E-state index in [0.717, 1.165) is 6.07 Å². The van der Waals surface area contributed by atoms with Crippen LogP contribution in [0.5, 0.6) is 0 Å². The molecule has 6 nitrogen and oxygen atoms in total. The zero-order valence-corrected chi connectivity index (χ0v) is 14.2. The Hall–Kier alpha value is -3.23. The quantitative estimate of drug-likeness (QED) is 0.747. The van der Waals surface area contributed by atoms with E-state index < -0.39 is 17.7 Å². The molecule has 138 valence electrons. The lowest BCUT2D eigenvalue weighted by Crippen LogP contribution is -2.26. The number of aromatic nitrogens is 4. The number of nitrogens with zero attached hydrogens (tertiary/aromatic N) is 4. The molecule has 0 saturated carbocycles. The first kappa shape index (κ1) is 17.2. The summed E-state index contributed by atoms with van der Waals surface area (Å²) in [4.78, 5) is 20.5. The third-order valence-electron chi connectivity index (χ3n) is 4.49. The van der Waals surface area contributed by atoms with Gasteiger partial charge in [0.1, 0.15) is 5.82 Å². The molecule has 1 amide bonds. The largest absolute Gasteiger partial charge is 0.416 e. The number of benzene rings is 1. The van der Waals surface area contributed by atoms with Gasteiger partial charge in [-0.25, -0.2) is 9.97 Å². The van der Waals surface area contributed by atoms with E-state index in [1.165, 1.54) is 35.3 Å². The van der Waals surface area contributed by atoms with Crippen LogP contribution in [0.1, 0.15) is 34.7 Å². The Morgan fingerprint density at radius 3 is 2.56 bits per heavy atom. The number of amides is 1. The van der Waals surface area contributed by atoms with Crippen molar-refractivity contribution in [2.24, 2.45) is 0 Å². The van der Waals surface area contributed by atoms with Crippen molar-refractivity contribution in [1.82, 2.24) is 19.7 Å². The molecule has 27 heavy (non-hydrogen) atoms. The topological polar surface area (TPSA) is 72.7 Å². The fourth-order valence-corrected chi connectivity index (χ4v) is 3.42. The van der Waals surface area contributed by atoms with Crippen molar-refractivity contribution in [3.8, 4) is 5.95 Å². The van der Waals surface area contributed by atoms with Crippen LogP contribution < -0.4 is 5.32 Å². The standard InChI is InChI=1S/C18H14F3N5O/c1-10-15-12(11-5-2-3-6-13(11)18(19,20)21)9-14(27)24-16(15)26(25-10)17-22-7-4-8-23-17/h2-8,12H,9H2,1H3,(H,24,27). The molecule has 3 aromatic rings. The van der Waals surface area contributed by atoms with E-state index in [1.54, 1.807) is 13.0 Å². The second-order valence-corrected chi connectivity index (χ2v) is 6.20. The number of anilines is 1. The fraction of sp³-hybridized carbons (Fsp3) is 0.222. The molecule has 1 aliphatic rings. The zero-order chi connectivity index (χ0) is 19.2.